The normalized spacial score (nSPS) is 20.9. The molecule has 1 N–H and O–H groups in total. The Balaban J connectivity index is 1.40. The van der Waals surface area contributed by atoms with Crippen LogP contribution in [0.5, 0.6) is 0 Å². The summed E-state index contributed by atoms with van der Waals surface area (Å²) in [5, 5.41) is 8.02. The number of aryl methyl sites for hydroxylation is 1. The highest BCUT2D eigenvalue weighted by Crippen LogP contribution is 2.60. The van der Waals surface area contributed by atoms with Crippen LogP contribution in [0.25, 0.3) is 5.65 Å². The molecule has 4 nitrogen and oxygen atoms in total. The van der Waals surface area contributed by atoms with Gasteiger partial charge in [0.05, 0.1) is 5.69 Å². The molecule has 0 aliphatic heterocycles. The Morgan fingerprint density at radius 1 is 1.42 bits per heavy atom. The Kier molecular flexibility index (Phi) is 2.42. The van der Waals surface area contributed by atoms with Crippen molar-refractivity contribution in [2.75, 3.05) is 6.54 Å². The third kappa shape index (κ3) is 2.14. The fourth-order valence-corrected chi connectivity index (χ4v) is 3.17. The number of hydrogen-bond donors (Lipinski definition) is 1. The summed E-state index contributed by atoms with van der Waals surface area (Å²) >= 11 is 0. The zero-order valence-electron chi connectivity index (χ0n) is 11.4. The molecular weight excluding hydrogens is 236 g/mol. The average Bonchev–Trinajstić information content (AvgIpc) is 3.25. The van der Waals surface area contributed by atoms with Gasteiger partial charge in [-0.3, -0.25) is 0 Å². The Morgan fingerprint density at radius 2 is 2.26 bits per heavy atom. The van der Waals surface area contributed by atoms with Crippen LogP contribution in [0.15, 0.2) is 18.5 Å². The first kappa shape index (κ1) is 11.4. The van der Waals surface area contributed by atoms with E-state index in [1.54, 1.807) is 0 Å². The molecule has 0 spiro atoms. The molecule has 2 aliphatic carbocycles. The predicted molar refractivity (Wildman–Crippen MR) is 73.8 cm³/mol. The maximum atomic E-state index is 4.44. The van der Waals surface area contributed by atoms with Gasteiger partial charge in [0, 0.05) is 37.1 Å². The Hall–Kier alpha value is -1.42. The highest BCUT2D eigenvalue weighted by Gasteiger charge is 2.53. The van der Waals surface area contributed by atoms with Crippen molar-refractivity contribution in [2.45, 2.75) is 39.2 Å². The van der Waals surface area contributed by atoms with E-state index >= 15 is 0 Å². The number of fused-ring (bicyclic) bond motifs is 1. The fourth-order valence-electron chi connectivity index (χ4n) is 3.17. The molecule has 0 radical (unpaired) electrons. The van der Waals surface area contributed by atoms with Crippen LogP contribution in [0, 0.1) is 18.3 Å². The molecule has 2 heterocycles. The lowest BCUT2D eigenvalue weighted by Gasteiger charge is -2.14. The van der Waals surface area contributed by atoms with Crippen molar-refractivity contribution in [3.8, 4) is 0 Å². The van der Waals surface area contributed by atoms with Crippen molar-refractivity contribution in [2.24, 2.45) is 11.3 Å². The Morgan fingerprint density at radius 3 is 3.00 bits per heavy atom. The molecule has 2 aliphatic rings. The fraction of sp³-hybridized carbons (Fsp3) is 0.600. The molecule has 4 heteroatoms. The summed E-state index contributed by atoms with van der Waals surface area (Å²) in [5.74, 6) is 1.02. The lowest BCUT2D eigenvalue weighted by Crippen LogP contribution is -2.25. The van der Waals surface area contributed by atoms with E-state index < -0.39 is 0 Å². The molecule has 0 aromatic carbocycles. The molecule has 0 amide bonds. The standard InChI is InChI=1S/C15H20N4/c1-11-6-14-17-8-12(9-19(14)18-11)7-16-10-15(4-5-15)13-2-3-13/h6,8-9,13,16H,2-5,7,10H2,1H3. The monoisotopic (exact) mass is 256 g/mol. The second-order valence-corrected chi connectivity index (χ2v) is 6.29. The van der Waals surface area contributed by atoms with Crippen LogP contribution in [0.1, 0.15) is 36.9 Å². The summed E-state index contributed by atoms with van der Waals surface area (Å²) in [6, 6.07) is 2.00. The van der Waals surface area contributed by atoms with Crippen molar-refractivity contribution >= 4 is 5.65 Å². The minimum absolute atomic E-state index is 0.666. The van der Waals surface area contributed by atoms with E-state index in [-0.39, 0.29) is 0 Å². The van der Waals surface area contributed by atoms with E-state index in [9.17, 15) is 0 Å². The molecule has 0 bridgehead atoms. The Bertz CT molecular complexity index is 608. The van der Waals surface area contributed by atoms with Gasteiger partial charge in [-0.15, -0.1) is 0 Å². The van der Waals surface area contributed by atoms with Gasteiger partial charge in [-0.1, -0.05) is 0 Å². The Labute approximate surface area is 113 Å². The molecule has 2 fully saturated rings. The van der Waals surface area contributed by atoms with Crippen LogP contribution >= 0.6 is 0 Å². The average molecular weight is 256 g/mol. The van der Waals surface area contributed by atoms with Crippen molar-refractivity contribution in [1.82, 2.24) is 19.9 Å². The zero-order chi connectivity index (χ0) is 12.9. The van der Waals surface area contributed by atoms with E-state index in [1.807, 2.05) is 23.7 Å². The molecule has 0 atom stereocenters. The van der Waals surface area contributed by atoms with Gasteiger partial charge in [0.2, 0.25) is 0 Å². The smallest absolute Gasteiger partial charge is 0.155 e. The van der Waals surface area contributed by atoms with Crippen LogP contribution in [0.3, 0.4) is 0 Å². The number of hydrogen-bond acceptors (Lipinski definition) is 3. The SMILES string of the molecule is Cc1cc2ncc(CNCC3(C4CC4)CC3)cn2n1. The predicted octanol–water partition coefficient (Wildman–Crippen LogP) is 2.32. The van der Waals surface area contributed by atoms with Crippen molar-refractivity contribution < 1.29 is 0 Å². The zero-order valence-corrected chi connectivity index (χ0v) is 11.4. The maximum absolute atomic E-state index is 4.44. The van der Waals surface area contributed by atoms with E-state index in [4.69, 9.17) is 0 Å². The molecule has 2 aromatic heterocycles. The first-order chi connectivity index (χ1) is 9.25. The molecule has 0 unspecified atom stereocenters. The highest BCUT2D eigenvalue weighted by atomic mass is 15.2. The van der Waals surface area contributed by atoms with E-state index in [1.165, 1.54) is 37.8 Å². The summed E-state index contributed by atoms with van der Waals surface area (Å²) in [7, 11) is 0. The third-order valence-corrected chi connectivity index (χ3v) is 4.63. The second kappa shape index (κ2) is 4.04. The first-order valence-corrected chi connectivity index (χ1v) is 7.27. The number of nitrogens with zero attached hydrogens (tertiary/aromatic N) is 3. The van der Waals surface area contributed by atoms with Gasteiger partial charge in [-0.25, -0.2) is 9.50 Å². The molecule has 2 aromatic rings. The summed E-state index contributed by atoms with van der Waals surface area (Å²) in [6.07, 6.45) is 9.82. The second-order valence-electron chi connectivity index (χ2n) is 6.29. The summed E-state index contributed by atoms with van der Waals surface area (Å²) < 4.78 is 1.88. The van der Waals surface area contributed by atoms with Crippen LogP contribution < -0.4 is 5.32 Å². The molecule has 2 saturated carbocycles. The molecule has 19 heavy (non-hydrogen) atoms. The van der Waals surface area contributed by atoms with Crippen LogP contribution in [0.2, 0.25) is 0 Å². The highest BCUT2D eigenvalue weighted by molar-refractivity contribution is 5.38. The number of rotatable bonds is 5. The van der Waals surface area contributed by atoms with Gasteiger partial charge >= 0.3 is 0 Å². The lowest BCUT2D eigenvalue weighted by molar-refractivity contribution is 0.403. The topological polar surface area (TPSA) is 42.2 Å². The van der Waals surface area contributed by atoms with E-state index in [2.05, 4.69) is 21.6 Å². The largest absolute Gasteiger partial charge is 0.312 e. The van der Waals surface area contributed by atoms with E-state index in [0.717, 1.165) is 23.8 Å². The van der Waals surface area contributed by atoms with Crippen LogP contribution in [-0.4, -0.2) is 21.1 Å². The lowest BCUT2D eigenvalue weighted by atomic mass is 10.0. The number of nitrogens with one attached hydrogen (secondary N) is 1. The van der Waals surface area contributed by atoms with Crippen molar-refractivity contribution in [3.63, 3.8) is 0 Å². The van der Waals surface area contributed by atoms with Gasteiger partial charge in [0.1, 0.15) is 0 Å². The molecule has 4 rings (SSSR count). The van der Waals surface area contributed by atoms with Crippen molar-refractivity contribution in [1.29, 1.82) is 0 Å². The van der Waals surface area contributed by atoms with Gasteiger partial charge in [-0.05, 0) is 43.9 Å². The summed E-state index contributed by atoms with van der Waals surface area (Å²) in [5.41, 5.74) is 3.82. The van der Waals surface area contributed by atoms with Crippen molar-refractivity contribution in [3.05, 3.63) is 29.7 Å². The van der Waals surface area contributed by atoms with Gasteiger partial charge in [-0.2, -0.15) is 5.10 Å². The van der Waals surface area contributed by atoms with Crippen LogP contribution in [-0.2, 0) is 6.54 Å². The minimum atomic E-state index is 0.666. The summed E-state index contributed by atoms with van der Waals surface area (Å²) in [4.78, 5) is 4.44. The first-order valence-electron chi connectivity index (χ1n) is 7.27. The van der Waals surface area contributed by atoms with Gasteiger partial charge in [0.25, 0.3) is 0 Å². The van der Waals surface area contributed by atoms with Crippen LogP contribution in [0.4, 0.5) is 0 Å². The molecular formula is C15H20N4. The molecule has 100 valence electrons. The van der Waals surface area contributed by atoms with E-state index in [0.29, 0.717) is 5.41 Å². The third-order valence-electron chi connectivity index (χ3n) is 4.63. The summed E-state index contributed by atoms with van der Waals surface area (Å²) in [6.45, 7) is 4.07. The molecule has 0 saturated heterocycles. The number of aromatic nitrogens is 3. The minimum Gasteiger partial charge on any atom is -0.312 e. The quantitative estimate of drug-likeness (QED) is 0.892. The van der Waals surface area contributed by atoms with Gasteiger partial charge in [0.15, 0.2) is 5.65 Å². The van der Waals surface area contributed by atoms with Gasteiger partial charge < -0.3 is 5.32 Å². The maximum Gasteiger partial charge on any atom is 0.155 e.